The molecule has 36 heavy (non-hydrogen) atoms. The molecular weight excluding hydrogens is 560 g/mol. The van der Waals surface area contributed by atoms with Crippen molar-refractivity contribution in [1.29, 1.82) is 0 Å². The van der Waals surface area contributed by atoms with Crippen LogP contribution in [0.2, 0.25) is 5.02 Å². The number of benzene rings is 3. The van der Waals surface area contributed by atoms with Crippen LogP contribution in [0, 0.1) is 0 Å². The first-order valence-electron chi connectivity index (χ1n) is 11.4. The van der Waals surface area contributed by atoms with E-state index in [1.165, 1.54) is 24.0 Å². The Kier molecular flexibility index (Phi) is 5.86. The number of methoxy groups -OCH3 is 1. The summed E-state index contributed by atoms with van der Waals surface area (Å²) in [6.45, 7) is 0. The molecule has 1 N–H and O–H groups in total. The zero-order chi connectivity index (χ0) is 25.0. The minimum absolute atomic E-state index is 0.0251. The first-order chi connectivity index (χ1) is 17.4. The van der Waals surface area contributed by atoms with Crippen LogP contribution in [0.25, 0.3) is 11.8 Å². The summed E-state index contributed by atoms with van der Waals surface area (Å²) in [7, 11) is 1.50. The lowest BCUT2D eigenvalue weighted by atomic mass is 9.83. The number of aryl methyl sites for hydroxylation is 1. The Morgan fingerprint density at radius 1 is 1.17 bits per heavy atom. The van der Waals surface area contributed by atoms with Crippen LogP contribution in [0.4, 0.5) is 0 Å². The highest BCUT2D eigenvalue weighted by Gasteiger charge is 2.32. The molecule has 0 saturated carbocycles. The van der Waals surface area contributed by atoms with E-state index in [1.54, 1.807) is 16.7 Å². The molecule has 0 bridgehead atoms. The van der Waals surface area contributed by atoms with Crippen molar-refractivity contribution in [2.24, 2.45) is 4.99 Å². The molecule has 2 aliphatic rings. The largest absolute Gasteiger partial charge is 0.504 e. The van der Waals surface area contributed by atoms with E-state index in [0.717, 1.165) is 40.8 Å². The Bertz CT molecular complexity index is 1740. The third-order valence-electron chi connectivity index (χ3n) is 6.64. The second-order valence-electron chi connectivity index (χ2n) is 8.71. The predicted octanol–water partition coefficient (Wildman–Crippen LogP) is 5.45. The third kappa shape index (κ3) is 3.82. The normalized spacial score (nSPS) is 16.8. The predicted molar refractivity (Wildman–Crippen MR) is 147 cm³/mol. The monoisotopic (exact) mass is 578 g/mol. The molecule has 0 amide bonds. The molecule has 0 fully saturated rings. The lowest BCUT2D eigenvalue weighted by Crippen LogP contribution is -2.38. The molecule has 3 aromatic carbocycles. The Balaban J connectivity index is 1.61. The SMILES string of the molecule is COc1cc(C=c2sc3n(c2=O)C(c2ccc(Cl)cc2)C2=C(N=3)c3ccccc3CC2)c(Br)cc1O. The van der Waals surface area contributed by atoms with Crippen molar-refractivity contribution in [3.8, 4) is 11.5 Å². The van der Waals surface area contributed by atoms with E-state index in [-0.39, 0.29) is 17.4 Å². The quantitative estimate of drug-likeness (QED) is 0.351. The first kappa shape index (κ1) is 23.3. The molecule has 1 atom stereocenters. The molecule has 5 nitrogen and oxygen atoms in total. The maximum absolute atomic E-state index is 13.9. The van der Waals surface area contributed by atoms with Gasteiger partial charge in [0.15, 0.2) is 16.3 Å². The first-order valence-corrected chi connectivity index (χ1v) is 13.4. The molecular formula is C28H20BrClN2O3S. The van der Waals surface area contributed by atoms with E-state index in [2.05, 4.69) is 34.1 Å². The number of halogens is 2. The van der Waals surface area contributed by atoms with E-state index < -0.39 is 0 Å². The van der Waals surface area contributed by atoms with Gasteiger partial charge in [0.25, 0.3) is 5.56 Å². The van der Waals surface area contributed by atoms with E-state index in [0.29, 0.717) is 24.6 Å². The fourth-order valence-electron chi connectivity index (χ4n) is 4.94. The summed E-state index contributed by atoms with van der Waals surface area (Å²) in [6.07, 6.45) is 3.54. The maximum Gasteiger partial charge on any atom is 0.271 e. The number of thiazole rings is 1. The molecule has 0 saturated heterocycles. The number of aromatic nitrogens is 1. The molecule has 1 aliphatic heterocycles. The van der Waals surface area contributed by atoms with Crippen LogP contribution >= 0.6 is 38.9 Å². The molecule has 2 heterocycles. The summed E-state index contributed by atoms with van der Waals surface area (Å²) in [5.41, 5.74) is 6.12. The maximum atomic E-state index is 13.9. The van der Waals surface area contributed by atoms with Crippen molar-refractivity contribution < 1.29 is 9.84 Å². The molecule has 1 aromatic heterocycles. The molecule has 4 aromatic rings. The van der Waals surface area contributed by atoms with Gasteiger partial charge in [-0.15, -0.1) is 0 Å². The summed E-state index contributed by atoms with van der Waals surface area (Å²) in [5, 5.41) is 10.7. The van der Waals surface area contributed by atoms with Crippen molar-refractivity contribution in [3.63, 3.8) is 0 Å². The molecule has 180 valence electrons. The Morgan fingerprint density at radius 3 is 2.72 bits per heavy atom. The number of hydrogen-bond donors (Lipinski definition) is 1. The molecule has 0 radical (unpaired) electrons. The van der Waals surface area contributed by atoms with Crippen LogP contribution < -0.4 is 19.6 Å². The fraction of sp³-hybridized carbons (Fsp3) is 0.143. The number of aromatic hydroxyl groups is 1. The lowest BCUT2D eigenvalue weighted by Gasteiger charge is -2.30. The summed E-state index contributed by atoms with van der Waals surface area (Å²) < 4.78 is 8.28. The Labute approximate surface area is 224 Å². The van der Waals surface area contributed by atoms with Crippen LogP contribution in [0.3, 0.4) is 0 Å². The number of nitrogens with zero attached hydrogens (tertiary/aromatic N) is 2. The zero-order valence-electron chi connectivity index (χ0n) is 19.2. The van der Waals surface area contributed by atoms with Crippen molar-refractivity contribution in [3.05, 3.63) is 118 Å². The molecule has 0 spiro atoms. The van der Waals surface area contributed by atoms with Crippen molar-refractivity contribution in [2.75, 3.05) is 7.11 Å². The molecule has 8 heteroatoms. The minimum atomic E-state index is -0.262. The third-order valence-corrected chi connectivity index (χ3v) is 8.57. The van der Waals surface area contributed by atoms with E-state index in [1.807, 2.05) is 36.4 Å². The number of hydrogen-bond acceptors (Lipinski definition) is 5. The summed E-state index contributed by atoms with van der Waals surface area (Å²) in [5.74, 6) is 0.361. The number of phenolic OH excluding ortho intramolecular Hbond substituents is 1. The summed E-state index contributed by atoms with van der Waals surface area (Å²) in [6, 6.07) is 19.1. The van der Waals surface area contributed by atoms with Gasteiger partial charge in [-0.25, -0.2) is 4.99 Å². The number of fused-ring (bicyclic) bond motifs is 3. The molecule has 1 aliphatic carbocycles. The lowest BCUT2D eigenvalue weighted by molar-refractivity contribution is 0.373. The topological polar surface area (TPSA) is 63.8 Å². The van der Waals surface area contributed by atoms with Crippen LogP contribution in [0.5, 0.6) is 11.5 Å². The van der Waals surface area contributed by atoms with Gasteiger partial charge in [0, 0.05) is 15.1 Å². The van der Waals surface area contributed by atoms with Crippen LogP contribution in [0.15, 0.2) is 80.5 Å². The highest BCUT2D eigenvalue weighted by Crippen LogP contribution is 2.41. The van der Waals surface area contributed by atoms with Gasteiger partial charge in [0.05, 0.1) is 23.4 Å². The van der Waals surface area contributed by atoms with Crippen LogP contribution in [0.1, 0.15) is 34.7 Å². The van der Waals surface area contributed by atoms with Crippen LogP contribution in [-0.4, -0.2) is 16.8 Å². The zero-order valence-corrected chi connectivity index (χ0v) is 22.3. The molecule has 6 rings (SSSR count). The average Bonchev–Trinajstić information content (AvgIpc) is 3.19. The smallest absolute Gasteiger partial charge is 0.271 e. The standard InChI is InChI=1S/C28H20BrClN2O3S/c1-35-23-12-17(21(29)14-22(23)33)13-24-27(34)32-26(16-6-9-18(30)10-7-16)20-11-8-15-4-2-3-5-19(15)25(20)31-28(32)36-24/h2-7,9-10,12-14,26,33H,8,11H2,1H3. The van der Waals surface area contributed by atoms with Gasteiger partial charge in [-0.1, -0.05) is 75.3 Å². The average molecular weight is 580 g/mol. The van der Waals surface area contributed by atoms with Crippen molar-refractivity contribution in [2.45, 2.75) is 18.9 Å². The highest BCUT2D eigenvalue weighted by atomic mass is 79.9. The summed E-state index contributed by atoms with van der Waals surface area (Å²) in [4.78, 5) is 19.5. The van der Waals surface area contributed by atoms with Gasteiger partial charge in [-0.2, -0.15) is 0 Å². The second kappa shape index (κ2) is 9.07. The van der Waals surface area contributed by atoms with E-state index in [4.69, 9.17) is 21.3 Å². The van der Waals surface area contributed by atoms with Gasteiger partial charge in [0.1, 0.15) is 0 Å². The van der Waals surface area contributed by atoms with Gasteiger partial charge in [0.2, 0.25) is 0 Å². The Hall–Kier alpha value is -3.13. The van der Waals surface area contributed by atoms with E-state index >= 15 is 0 Å². The number of allylic oxidation sites excluding steroid dienone is 1. The number of ether oxygens (including phenoxy) is 1. The van der Waals surface area contributed by atoms with Gasteiger partial charge in [-0.3, -0.25) is 9.36 Å². The Morgan fingerprint density at radius 2 is 1.94 bits per heavy atom. The van der Waals surface area contributed by atoms with Crippen LogP contribution in [-0.2, 0) is 6.42 Å². The fourth-order valence-corrected chi connectivity index (χ4v) is 6.50. The van der Waals surface area contributed by atoms with Gasteiger partial charge < -0.3 is 9.84 Å². The number of rotatable bonds is 3. The second-order valence-corrected chi connectivity index (χ2v) is 11.0. The van der Waals surface area contributed by atoms with E-state index in [9.17, 15) is 9.90 Å². The van der Waals surface area contributed by atoms with Crippen molar-refractivity contribution in [1.82, 2.24) is 4.57 Å². The molecule has 1 unspecified atom stereocenters. The number of phenols is 1. The highest BCUT2D eigenvalue weighted by molar-refractivity contribution is 9.10. The van der Waals surface area contributed by atoms with Gasteiger partial charge in [-0.05, 0) is 65.4 Å². The van der Waals surface area contributed by atoms with Gasteiger partial charge >= 0.3 is 0 Å². The summed E-state index contributed by atoms with van der Waals surface area (Å²) >= 11 is 11.0. The minimum Gasteiger partial charge on any atom is -0.504 e. The van der Waals surface area contributed by atoms with Crippen molar-refractivity contribution >= 4 is 50.6 Å².